The Morgan fingerprint density at radius 3 is 2.50 bits per heavy atom. The van der Waals surface area contributed by atoms with E-state index < -0.39 is 10.0 Å². The second kappa shape index (κ2) is 3.83. The van der Waals surface area contributed by atoms with Crippen LogP contribution in [-0.2, 0) is 10.0 Å². The van der Waals surface area contributed by atoms with E-state index in [2.05, 4.69) is 10.5 Å². The molecule has 0 atom stereocenters. The lowest BCUT2D eigenvalue weighted by atomic mass is 10.2. The van der Waals surface area contributed by atoms with E-state index in [1.165, 1.54) is 4.31 Å². The third-order valence-electron chi connectivity index (χ3n) is 2.82. The van der Waals surface area contributed by atoms with Crippen LogP contribution in [-0.4, -0.2) is 44.1 Å². The molecule has 90 valence electrons. The van der Waals surface area contributed by atoms with Crippen LogP contribution in [0.5, 0.6) is 0 Å². The van der Waals surface area contributed by atoms with E-state index in [0.717, 1.165) is 0 Å². The Balaban J connectivity index is 2.28. The van der Waals surface area contributed by atoms with Gasteiger partial charge in [-0.05, 0) is 20.9 Å². The molecule has 6 nitrogen and oxygen atoms in total. The molecule has 0 aliphatic carbocycles. The first-order chi connectivity index (χ1) is 7.46. The van der Waals surface area contributed by atoms with Crippen LogP contribution in [0.4, 0.5) is 0 Å². The summed E-state index contributed by atoms with van der Waals surface area (Å²) in [6.07, 6.45) is 0. The van der Waals surface area contributed by atoms with Crippen molar-refractivity contribution in [3.8, 4) is 0 Å². The smallest absolute Gasteiger partial charge is 0.248 e. The van der Waals surface area contributed by atoms with Crippen molar-refractivity contribution in [1.29, 1.82) is 0 Å². The maximum Gasteiger partial charge on any atom is 0.248 e. The highest BCUT2D eigenvalue weighted by atomic mass is 32.2. The Kier molecular flexibility index (Phi) is 2.77. The summed E-state index contributed by atoms with van der Waals surface area (Å²) in [5.41, 5.74) is 0.422. The Hall–Kier alpha value is -0.920. The molecule has 1 fully saturated rings. The maximum atomic E-state index is 12.2. The van der Waals surface area contributed by atoms with Crippen molar-refractivity contribution in [1.82, 2.24) is 14.8 Å². The van der Waals surface area contributed by atoms with E-state index in [9.17, 15) is 8.42 Å². The van der Waals surface area contributed by atoms with Crippen molar-refractivity contribution >= 4 is 10.0 Å². The van der Waals surface area contributed by atoms with Crippen molar-refractivity contribution < 1.29 is 12.9 Å². The van der Waals surface area contributed by atoms with E-state index in [1.54, 1.807) is 13.8 Å². The van der Waals surface area contributed by atoms with Gasteiger partial charge in [-0.3, -0.25) is 0 Å². The van der Waals surface area contributed by atoms with Crippen LogP contribution in [0.2, 0.25) is 0 Å². The molecular formula is C9H15N3O3S. The minimum absolute atomic E-state index is 0.210. The first kappa shape index (κ1) is 11.6. The summed E-state index contributed by atoms with van der Waals surface area (Å²) in [4.78, 5) is 0.210. The molecule has 1 N–H and O–H groups in total. The van der Waals surface area contributed by atoms with Crippen molar-refractivity contribution in [3.05, 3.63) is 11.5 Å². The molecule has 7 heteroatoms. The molecule has 2 heterocycles. The number of likely N-dealkylation sites (N-methyl/N-ethyl adjacent to an activating group) is 1. The topological polar surface area (TPSA) is 75.4 Å². The Morgan fingerprint density at radius 1 is 1.44 bits per heavy atom. The lowest BCUT2D eigenvalue weighted by molar-refractivity contribution is 0.236. The van der Waals surface area contributed by atoms with Gasteiger partial charge in [-0.2, -0.15) is 4.31 Å². The molecule has 1 aliphatic heterocycles. The summed E-state index contributed by atoms with van der Waals surface area (Å²) in [5, 5.41) is 6.70. The number of sulfonamides is 1. The van der Waals surface area contributed by atoms with Gasteiger partial charge in [-0.1, -0.05) is 5.16 Å². The van der Waals surface area contributed by atoms with E-state index in [1.807, 2.05) is 7.05 Å². The van der Waals surface area contributed by atoms with Gasteiger partial charge in [0.2, 0.25) is 10.0 Å². The first-order valence-electron chi connectivity index (χ1n) is 5.07. The summed E-state index contributed by atoms with van der Waals surface area (Å²) in [6.45, 7) is 4.26. The Bertz CT molecular complexity index is 469. The molecule has 0 amide bonds. The second-order valence-corrected chi connectivity index (χ2v) is 5.84. The molecule has 1 aromatic rings. The summed E-state index contributed by atoms with van der Waals surface area (Å²) in [5.74, 6) is 0.352. The zero-order chi connectivity index (χ0) is 11.9. The van der Waals surface area contributed by atoms with Gasteiger partial charge in [0.05, 0.1) is 0 Å². The van der Waals surface area contributed by atoms with Crippen molar-refractivity contribution in [3.63, 3.8) is 0 Å². The normalized spacial score (nSPS) is 18.7. The zero-order valence-electron chi connectivity index (χ0n) is 9.52. The van der Waals surface area contributed by atoms with E-state index in [0.29, 0.717) is 24.5 Å². The van der Waals surface area contributed by atoms with Crippen LogP contribution < -0.4 is 5.32 Å². The molecule has 1 aromatic heterocycles. The molecule has 0 saturated carbocycles. The highest BCUT2D eigenvalue weighted by molar-refractivity contribution is 7.89. The number of hydrogen-bond donors (Lipinski definition) is 1. The molecule has 0 aromatic carbocycles. The van der Waals surface area contributed by atoms with Crippen molar-refractivity contribution in [2.24, 2.45) is 0 Å². The van der Waals surface area contributed by atoms with E-state index in [-0.39, 0.29) is 10.9 Å². The Morgan fingerprint density at radius 2 is 2.06 bits per heavy atom. The Labute approximate surface area is 94.7 Å². The predicted molar refractivity (Wildman–Crippen MR) is 57.6 cm³/mol. The molecule has 1 aliphatic rings. The van der Waals surface area contributed by atoms with Gasteiger partial charge in [0, 0.05) is 19.1 Å². The van der Waals surface area contributed by atoms with E-state index in [4.69, 9.17) is 4.52 Å². The van der Waals surface area contributed by atoms with Crippen LogP contribution >= 0.6 is 0 Å². The number of aromatic nitrogens is 1. The number of nitrogens with one attached hydrogen (secondary N) is 1. The molecule has 0 unspecified atom stereocenters. The minimum atomic E-state index is -3.43. The van der Waals surface area contributed by atoms with Crippen molar-refractivity contribution in [2.45, 2.75) is 24.8 Å². The van der Waals surface area contributed by atoms with Gasteiger partial charge in [-0.15, -0.1) is 0 Å². The molecule has 0 spiro atoms. The molecular weight excluding hydrogens is 230 g/mol. The average Bonchev–Trinajstić information content (AvgIpc) is 2.44. The summed E-state index contributed by atoms with van der Waals surface area (Å²) < 4.78 is 30.7. The zero-order valence-corrected chi connectivity index (χ0v) is 10.3. The fraction of sp³-hybridized carbons (Fsp3) is 0.667. The van der Waals surface area contributed by atoms with Crippen LogP contribution in [0.15, 0.2) is 9.42 Å². The SMILES string of the molecule is CNC1CN(S(=O)(=O)c2c(C)noc2C)C1. The molecule has 16 heavy (non-hydrogen) atoms. The van der Waals surface area contributed by atoms with Crippen molar-refractivity contribution in [2.75, 3.05) is 20.1 Å². The highest BCUT2D eigenvalue weighted by Crippen LogP contribution is 2.26. The molecule has 0 bridgehead atoms. The second-order valence-electron chi connectivity index (χ2n) is 3.96. The van der Waals surface area contributed by atoms with Crippen LogP contribution in [0.3, 0.4) is 0 Å². The number of rotatable bonds is 3. The fourth-order valence-electron chi connectivity index (χ4n) is 1.79. The lowest BCUT2D eigenvalue weighted by Gasteiger charge is -2.37. The monoisotopic (exact) mass is 245 g/mol. The average molecular weight is 245 g/mol. The van der Waals surface area contributed by atoms with Crippen LogP contribution in [0.1, 0.15) is 11.5 Å². The highest BCUT2D eigenvalue weighted by Gasteiger charge is 2.38. The molecule has 1 saturated heterocycles. The number of hydrogen-bond acceptors (Lipinski definition) is 5. The summed E-state index contributed by atoms with van der Waals surface area (Å²) in [6, 6.07) is 0.246. The first-order valence-corrected chi connectivity index (χ1v) is 6.51. The molecule has 2 rings (SSSR count). The molecule has 0 radical (unpaired) electrons. The maximum absolute atomic E-state index is 12.2. The number of nitrogens with zero attached hydrogens (tertiary/aromatic N) is 2. The van der Waals surface area contributed by atoms with Gasteiger partial charge < -0.3 is 9.84 Å². The predicted octanol–water partition coefficient (Wildman–Crippen LogP) is -0.116. The van der Waals surface area contributed by atoms with Gasteiger partial charge in [0.25, 0.3) is 0 Å². The summed E-state index contributed by atoms with van der Waals surface area (Å²) in [7, 11) is -1.60. The number of aryl methyl sites for hydroxylation is 2. The van der Waals surface area contributed by atoms with Gasteiger partial charge in [0.15, 0.2) is 5.76 Å². The third-order valence-corrected chi connectivity index (χ3v) is 4.90. The van der Waals surface area contributed by atoms with Crippen LogP contribution in [0, 0.1) is 13.8 Å². The largest absolute Gasteiger partial charge is 0.360 e. The van der Waals surface area contributed by atoms with Gasteiger partial charge in [-0.25, -0.2) is 8.42 Å². The minimum Gasteiger partial charge on any atom is -0.360 e. The fourth-order valence-corrected chi connectivity index (χ4v) is 3.61. The lowest BCUT2D eigenvalue weighted by Crippen LogP contribution is -2.58. The standard InChI is InChI=1S/C9H15N3O3S/c1-6-9(7(2)15-11-6)16(13,14)12-4-8(5-12)10-3/h8,10H,4-5H2,1-3H3. The quantitative estimate of drug-likeness (QED) is 0.803. The van der Waals surface area contributed by atoms with Crippen LogP contribution in [0.25, 0.3) is 0 Å². The summed E-state index contributed by atoms with van der Waals surface area (Å²) >= 11 is 0. The van der Waals surface area contributed by atoms with E-state index >= 15 is 0 Å². The van der Waals surface area contributed by atoms with Gasteiger partial charge >= 0.3 is 0 Å². The third kappa shape index (κ3) is 1.64. The van der Waals surface area contributed by atoms with Gasteiger partial charge in [0.1, 0.15) is 10.6 Å².